The molecule has 0 N–H and O–H groups in total. The fourth-order valence-electron chi connectivity index (χ4n) is 4.62. The van der Waals surface area contributed by atoms with Gasteiger partial charge in [0.2, 0.25) is 0 Å². The first-order chi connectivity index (χ1) is 13.3. The molecule has 0 unspecified atom stereocenters. The topological polar surface area (TPSA) is 12.9 Å². The smallest absolute Gasteiger partial charge is 0.0242 e. The van der Waals surface area contributed by atoms with Gasteiger partial charge >= 0.3 is 0 Å². The fraction of sp³-hybridized carbons (Fsp3) is 0.370. The Bertz CT molecular complexity index is 1000. The average Bonchev–Trinajstić information content (AvgIpc) is 2.76. The van der Waals surface area contributed by atoms with Crippen molar-refractivity contribution in [3.63, 3.8) is 0 Å². The Morgan fingerprint density at radius 1 is 0.897 bits per heavy atom. The van der Waals surface area contributed by atoms with E-state index in [0.717, 1.165) is 11.3 Å². The molecule has 2 heteroatoms. The van der Waals surface area contributed by atoms with Crippen LogP contribution in [0.3, 0.4) is 0 Å². The molecule has 153 valence electrons. The van der Waals surface area contributed by atoms with Crippen molar-refractivity contribution in [2.75, 3.05) is 0 Å². The van der Waals surface area contributed by atoms with E-state index in [1.165, 1.54) is 47.1 Å². The van der Waals surface area contributed by atoms with Gasteiger partial charge in [-0.15, -0.1) is 34.9 Å². The Balaban J connectivity index is 0.00000240. The minimum atomic E-state index is 0. The van der Waals surface area contributed by atoms with Crippen LogP contribution in [0.4, 0.5) is 0 Å². The first-order valence-electron chi connectivity index (χ1n) is 10.4. The largest absolute Gasteiger partial charge is 0.304 e. The normalized spacial score (nSPS) is 17.0. The summed E-state index contributed by atoms with van der Waals surface area (Å²) >= 11 is 0. The van der Waals surface area contributed by atoms with Crippen LogP contribution in [0.1, 0.15) is 63.6 Å². The zero-order valence-electron chi connectivity index (χ0n) is 18.1. The van der Waals surface area contributed by atoms with Gasteiger partial charge in [0.15, 0.2) is 0 Å². The van der Waals surface area contributed by atoms with Crippen LogP contribution in [0.25, 0.3) is 22.4 Å². The number of nitrogens with zero attached hydrogens (tertiary/aromatic N) is 1. The molecule has 3 aromatic rings. The second-order valence-corrected chi connectivity index (χ2v) is 9.55. The SMILES string of the molecule is Cc1cc(-c2[c-]cc3c(c2)C(C)(C)CCCC3(C)C)ncc1-c1ccccc1.[Ir]. The molecule has 0 fully saturated rings. The molecule has 1 aliphatic rings. The van der Waals surface area contributed by atoms with Crippen molar-refractivity contribution in [2.24, 2.45) is 0 Å². The Kier molecular flexibility index (Phi) is 6.18. The van der Waals surface area contributed by atoms with Crippen LogP contribution >= 0.6 is 0 Å². The van der Waals surface area contributed by atoms with E-state index in [4.69, 9.17) is 4.98 Å². The average molecular weight is 561 g/mol. The van der Waals surface area contributed by atoms with Crippen molar-refractivity contribution in [3.8, 4) is 22.4 Å². The Morgan fingerprint density at radius 3 is 2.21 bits per heavy atom. The first kappa shape index (κ1) is 21.9. The number of benzene rings is 2. The minimum absolute atomic E-state index is 0. The van der Waals surface area contributed by atoms with Gasteiger partial charge in [0, 0.05) is 31.9 Å². The number of hydrogen-bond acceptors (Lipinski definition) is 1. The molecule has 1 aliphatic carbocycles. The third-order valence-electron chi connectivity index (χ3n) is 6.48. The zero-order chi connectivity index (χ0) is 19.9. The predicted octanol–water partition coefficient (Wildman–Crippen LogP) is 7.26. The number of aryl methyl sites for hydroxylation is 1. The second-order valence-electron chi connectivity index (χ2n) is 9.55. The number of hydrogen-bond donors (Lipinski definition) is 0. The van der Waals surface area contributed by atoms with Gasteiger partial charge in [0.25, 0.3) is 0 Å². The maximum absolute atomic E-state index is 4.81. The molecule has 4 rings (SSSR count). The van der Waals surface area contributed by atoms with Crippen molar-refractivity contribution in [3.05, 3.63) is 77.5 Å². The molecule has 1 aromatic heterocycles. The molecule has 0 saturated carbocycles. The molecule has 0 bridgehead atoms. The van der Waals surface area contributed by atoms with Gasteiger partial charge in [-0.05, 0) is 41.0 Å². The summed E-state index contributed by atoms with van der Waals surface area (Å²) in [6.07, 6.45) is 5.74. The monoisotopic (exact) mass is 561 g/mol. The van der Waals surface area contributed by atoms with Crippen LogP contribution in [0.2, 0.25) is 0 Å². The van der Waals surface area contributed by atoms with Gasteiger partial charge in [-0.2, -0.15) is 0 Å². The van der Waals surface area contributed by atoms with Crippen LogP contribution in [0.5, 0.6) is 0 Å². The molecule has 0 amide bonds. The molecule has 0 atom stereocenters. The second kappa shape index (κ2) is 8.17. The van der Waals surface area contributed by atoms with Crippen molar-refractivity contribution in [2.45, 2.75) is 64.7 Å². The van der Waals surface area contributed by atoms with E-state index in [0.29, 0.717) is 0 Å². The van der Waals surface area contributed by atoms with Crippen molar-refractivity contribution in [1.82, 2.24) is 4.98 Å². The summed E-state index contributed by atoms with van der Waals surface area (Å²) in [6, 6.07) is 20.8. The van der Waals surface area contributed by atoms with Gasteiger partial charge in [0.1, 0.15) is 0 Å². The minimum Gasteiger partial charge on any atom is -0.304 e. The molecule has 1 heterocycles. The number of fused-ring (bicyclic) bond motifs is 1. The van der Waals surface area contributed by atoms with Crippen LogP contribution in [-0.4, -0.2) is 4.98 Å². The fourth-order valence-corrected chi connectivity index (χ4v) is 4.62. The number of pyridine rings is 1. The van der Waals surface area contributed by atoms with Gasteiger partial charge in [0.05, 0.1) is 0 Å². The third-order valence-corrected chi connectivity index (χ3v) is 6.48. The maximum Gasteiger partial charge on any atom is 0.0242 e. The quantitative estimate of drug-likeness (QED) is 0.237. The van der Waals surface area contributed by atoms with Crippen LogP contribution < -0.4 is 0 Å². The molecule has 1 nitrogen and oxygen atoms in total. The van der Waals surface area contributed by atoms with Gasteiger partial charge in [-0.25, -0.2) is 0 Å². The van der Waals surface area contributed by atoms with Gasteiger partial charge < -0.3 is 4.98 Å². The van der Waals surface area contributed by atoms with Gasteiger partial charge in [-0.3, -0.25) is 0 Å². The van der Waals surface area contributed by atoms with Gasteiger partial charge in [-0.1, -0.05) is 76.9 Å². The summed E-state index contributed by atoms with van der Waals surface area (Å²) in [7, 11) is 0. The molecular weight excluding hydrogens is 531 g/mol. The Hall–Kier alpha value is -1.76. The Labute approximate surface area is 189 Å². The first-order valence-corrected chi connectivity index (χ1v) is 10.4. The van der Waals surface area contributed by atoms with Crippen molar-refractivity contribution >= 4 is 0 Å². The number of rotatable bonds is 2. The summed E-state index contributed by atoms with van der Waals surface area (Å²) in [6.45, 7) is 11.7. The summed E-state index contributed by atoms with van der Waals surface area (Å²) in [4.78, 5) is 4.81. The van der Waals surface area contributed by atoms with E-state index in [1.807, 2.05) is 6.20 Å². The summed E-state index contributed by atoms with van der Waals surface area (Å²) in [5.41, 5.74) is 9.09. The zero-order valence-corrected chi connectivity index (χ0v) is 20.5. The summed E-state index contributed by atoms with van der Waals surface area (Å²) in [5.74, 6) is 0. The molecular formula is C27H30IrN-. The maximum atomic E-state index is 4.81. The number of aromatic nitrogens is 1. The van der Waals surface area contributed by atoms with E-state index in [2.05, 4.69) is 89.2 Å². The standard InChI is InChI=1S/C27H30N.Ir/c1-19-16-25(28-18-22(19)20-10-7-6-8-11-20)21-12-13-23-24(17-21)27(4,5)15-9-14-26(23,2)3;/h6-8,10-11,13,16-18H,9,14-15H2,1-5H3;/q-1;. The van der Waals surface area contributed by atoms with E-state index >= 15 is 0 Å². The predicted molar refractivity (Wildman–Crippen MR) is 119 cm³/mol. The van der Waals surface area contributed by atoms with Crippen LogP contribution in [0, 0.1) is 13.0 Å². The third kappa shape index (κ3) is 4.25. The van der Waals surface area contributed by atoms with Crippen LogP contribution in [0.15, 0.2) is 54.7 Å². The van der Waals surface area contributed by atoms with Crippen LogP contribution in [-0.2, 0) is 30.9 Å². The molecule has 2 aromatic carbocycles. The molecule has 0 aliphatic heterocycles. The molecule has 1 radical (unpaired) electrons. The Morgan fingerprint density at radius 2 is 1.55 bits per heavy atom. The van der Waals surface area contributed by atoms with E-state index in [1.54, 1.807) is 0 Å². The van der Waals surface area contributed by atoms with E-state index < -0.39 is 0 Å². The van der Waals surface area contributed by atoms with Crippen molar-refractivity contribution in [1.29, 1.82) is 0 Å². The molecule has 0 saturated heterocycles. The molecule has 0 spiro atoms. The summed E-state index contributed by atoms with van der Waals surface area (Å²) in [5, 5.41) is 0. The van der Waals surface area contributed by atoms with Crippen molar-refractivity contribution < 1.29 is 20.1 Å². The van der Waals surface area contributed by atoms with E-state index in [-0.39, 0.29) is 30.9 Å². The van der Waals surface area contributed by atoms with E-state index in [9.17, 15) is 0 Å². The molecule has 29 heavy (non-hydrogen) atoms. The summed E-state index contributed by atoms with van der Waals surface area (Å²) < 4.78 is 0.